The highest BCUT2D eigenvalue weighted by atomic mass is 16.7. The lowest BCUT2D eigenvalue weighted by atomic mass is 10.1. The molecule has 0 bridgehead atoms. The van der Waals surface area contributed by atoms with E-state index in [4.69, 9.17) is 0 Å². The zero-order chi connectivity index (χ0) is 13.1. The van der Waals surface area contributed by atoms with Crippen LogP contribution in [0.1, 0.15) is 0 Å². The number of anilines is 1. The summed E-state index contributed by atoms with van der Waals surface area (Å²) in [4.78, 5) is 30.0. The second-order valence-corrected chi connectivity index (χ2v) is 3.46. The molecule has 8 heteroatoms. The quantitative estimate of drug-likeness (QED) is 0.623. The van der Waals surface area contributed by atoms with Gasteiger partial charge in [-0.2, -0.15) is 0 Å². The third-order valence-electron chi connectivity index (χ3n) is 2.35. The van der Waals surface area contributed by atoms with Crippen molar-refractivity contribution < 1.29 is 5.03 Å². The minimum atomic E-state index is -0.770. The molecule has 2 rings (SSSR count). The van der Waals surface area contributed by atoms with Crippen LogP contribution in [0.4, 0.5) is 5.95 Å². The Labute approximate surface area is 101 Å². The van der Waals surface area contributed by atoms with E-state index in [-0.39, 0.29) is 11.5 Å². The van der Waals surface area contributed by atoms with Gasteiger partial charge in [-0.3, -0.25) is 14.3 Å². The normalized spacial score (nSPS) is 10.1. The lowest BCUT2D eigenvalue weighted by Crippen LogP contribution is -2.25. The molecule has 92 valence electrons. The van der Waals surface area contributed by atoms with Gasteiger partial charge in [0.15, 0.2) is 5.03 Å². The van der Waals surface area contributed by atoms with Crippen LogP contribution in [0.3, 0.4) is 0 Å². The molecule has 0 saturated heterocycles. The van der Waals surface area contributed by atoms with Crippen LogP contribution in [0.5, 0.6) is 0 Å². The summed E-state index contributed by atoms with van der Waals surface area (Å²) < 4.78 is 1.08. The number of hydrogen-bond acceptors (Lipinski definition) is 5. The minimum Gasteiger partial charge on any atom is -0.277 e. The Balaban J connectivity index is 2.51. The summed E-state index contributed by atoms with van der Waals surface area (Å²) in [6, 6.07) is 3.33. The third-order valence-corrected chi connectivity index (χ3v) is 2.35. The van der Waals surface area contributed by atoms with E-state index in [1.165, 1.54) is 13.2 Å². The summed E-state index contributed by atoms with van der Waals surface area (Å²) in [7, 11) is 1.41. The van der Waals surface area contributed by atoms with Crippen LogP contribution in [0.15, 0.2) is 35.5 Å². The number of aromatic nitrogens is 3. The van der Waals surface area contributed by atoms with Gasteiger partial charge in [0.25, 0.3) is 11.5 Å². The van der Waals surface area contributed by atoms with Crippen LogP contribution < -0.4 is 11.0 Å². The predicted molar refractivity (Wildman–Crippen MR) is 63.3 cm³/mol. The predicted octanol–water partition coefficient (Wildman–Crippen LogP) is 0.446. The molecular weight excluding hydrogens is 238 g/mol. The first-order valence-corrected chi connectivity index (χ1v) is 4.97. The van der Waals surface area contributed by atoms with E-state index < -0.39 is 5.03 Å². The highest BCUT2D eigenvalue weighted by Gasteiger charge is 2.11. The molecule has 1 N–H and O–H groups in total. The van der Waals surface area contributed by atoms with Gasteiger partial charge in [0, 0.05) is 25.6 Å². The van der Waals surface area contributed by atoms with E-state index in [0.29, 0.717) is 11.1 Å². The van der Waals surface area contributed by atoms with Crippen molar-refractivity contribution in [2.45, 2.75) is 0 Å². The van der Waals surface area contributed by atoms with Gasteiger partial charge >= 0.3 is 0 Å². The lowest BCUT2D eigenvalue weighted by Gasteiger charge is -2.06. The number of pyridine rings is 1. The monoisotopic (exact) mass is 247 g/mol. The Bertz CT molecular complexity index is 638. The number of nitro groups is 1. The fraction of sp³-hybridized carbons (Fsp3) is 0.100. The fourth-order valence-electron chi connectivity index (χ4n) is 1.46. The van der Waals surface area contributed by atoms with Gasteiger partial charge < -0.3 is 0 Å². The molecular formula is C10H9N5O3. The standard InChI is InChI=1S/C10H9N5O3/c1-14-9(16)8(7-2-4-11-5-3-7)6-12-10(14)13-15(17)18/h2-6H,1H3,(H,12,13). The molecule has 0 unspecified atom stereocenters. The average Bonchev–Trinajstić information content (AvgIpc) is 2.36. The van der Waals surface area contributed by atoms with Gasteiger partial charge in [-0.1, -0.05) is 5.43 Å². The Morgan fingerprint density at radius 1 is 1.39 bits per heavy atom. The van der Waals surface area contributed by atoms with Crippen molar-refractivity contribution in [1.82, 2.24) is 14.5 Å². The van der Waals surface area contributed by atoms with Crippen LogP contribution in [0.25, 0.3) is 11.1 Å². The third kappa shape index (κ3) is 2.17. The number of nitrogens with one attached hydrogen (secondary N) is 1. The van der Waals surface area contributed by atoms with Crippen LogP contribution in [0, 0.1) is 10.1 Å². The molecule has 0 aliphatic rings. The zero-order valence-electron chi connectivity index (χ0n) is 9.40. The first kappa shape index (κ1) is 11.7. The topological polar surface area (TPSA) is 103 Å². The van der Waals surface area contributed by atoms with Crippen LogP contribution in [0.2, 0.25) is 0 Å². The molecule has 0 saturated carbocycles. The zero-order valence-corrected chi connectivity index (χ0v) is 9.40. The molecule has 2 heterocycles. The Morgan fingerprint density at radius 2 is 2.06 bits per heavy atom. The van der Waals surface area contributed by atoms with Crippen molar-refractivity contribution in [3.63, 3.8) is 0 Å². The second-order valence-electron chi connectivity index (χ2n) is 3.46. The maximum absolute atomic E-state index is 12.0. The number of rotatable bonds is 3. The molecule has 0 aliphatic carbocycles. The smallest absolute Gasteiger partial charge is 0.268 e. The molecule has 0 fully saturated rings. The first-order chi connectivity index (χ1) is 8.59. The van der Waals surface area contributed by atoms with Gasteiger partial charge in [0.05, 0.1) is 5.56 Å². The van der Waals surface area contributed by atoms with Crippen molar-refractivity contribution >= 4 is 5.95 Å². The van der Waals surface area contributed by atoms with Crippen LogP contribution >= 0.6 is 0 Å². The number of nitrogens with zero attached hydrogens (tertiary/aromatic N) is 4. The summed E-state index contributed by atoms with van der Waals surface area (Å²) in [6.07, 6.45) is 4.40. The van der Waals surface area contributed by atoms with E-state index in [9.17, 15) is 14.9 Å². The van der Waals surface area contributed by atoms with Crippen molar-refractivity contribution in [3.05, 3.63) is 51.2 Å². The van der Waals surface area contributed by atoms with Crippen LogP contribution in [-0.2, 0) is 7.05 Å². The van der Waals surface area contributed by atoms with E-state index >= 15 is 0 Å². The lowest BCUT2D eigenvalue weighted by molar-refractivity contribution is -0.446. The second kappa shape index (κ2) is 4.62. The Morgan fingerprint density at radius 3 is 2.67 bits per heavy atom. The van der Waals surface area contributed by atoms with Crippen molar-refractivity contribution in [2.75, 3.05) is 5.43 Å². The van der Waals surface area contributed by atoms with Crippen molar-refractivity contribution in [2.24, 2.45) is 7.05 Å². The summed E-state index contributed by atoms with van der Waals surface area (Å²) in [5.74, 6) is -0.122. The highest BCUT2D eigenvalue weighted by molar-refractivity contribution is 5.61. The number of hydrazine groups is 1. The molecule has 18 heavy (non-hydrogen) atoms. The SMILES string of the molecule is Cn1c(N[N+](=O)[O-])ncc(-c2ccncc2)c1=O. The van der Waals surface area contributed by atoms with Gasteiger partial charge in [-0.05, 0) is 17.7 Å². The Kier molecular flexibility index (Phi) is 3.00. The summed E-state index contributed by atoms with van der Waals surface area (Å²) >= 11 is 0. The summed E-state index contributed by atoms with van der Waals surface area (Å²) in [6.45, 7) is 0. The molecule has 0 spiro atoms. The molecule has 0 atom stereocenters. The molecule has 2 aromatic rings. The van der Waals surface area contributed by atoms with Gasteiger partial charge in [-0.25, -0.2) is 15.1 Å². The molecule has 8 nitrogen and oxygen atoms in total. The maximum Gasteiger partial charge on any atom is 0.268 e. The van der Waals surface area contributed by atoms with E-state index in [1.807, 2.05) is 5.43 Å². The van der Waals surface area contributed by atoms with Crippen molar-refractivity contribution in [3.8, 4) is 11.1 Å². The molecule has 0 aromatic carbocycles. The van der Waals surface area contributed by atoms with Crippen molar-refractivity contribution in [1.29, 1.82) is 0 Å². The number of hydrogen-bond donors (Lipinski definition) is 1. The molecule has 0 amide bonds. The Hall–Kier alpha value is -2.77. The molecule has 0 radical (unpaired) electrons. The largest absolute Gasteiger partial charge is 0.277 e. The van der Waals surface area contributed by atoms with Crippen LogP contribution in [-0.4, -0.2) is 19.6 Å². The van der Waals surface area contributed by atoms with Gasteiger partial charge in [0.2, 0.25) is 0 Å². The maximum atomic E-state index is 12.0. The van der Waals surface area contributed by atoms with E-state index in [1.54, 1.807) is 24.5 Å². The minimum absolute atomic E-state index is 0.122. The highest BCUT2D eigenvalue weighted by Crippen LogP contribution is 2.13. The molecule has 0 aliphatic heterocycles. The first-order valence-electron chi connectivity index (χ1n) is 4.97. The summed E-state index contributed by atoms with van der Waals surface area (Å²) in [5, 5.41) is 9.55. The van der Waals surface area contributed by atoms with Gasteiger partial charge in [0.1, 0.15) is 0 Å². The van der Waals surface area contributed by atoms with Gasteiger partial charge in [-0.15, -0.1) is 0 Å². The average molecular weight is 247 g/mol. The fourth-order valence-corrected chi connectivity index (χ4v) is 1.46. The van der Waals surface area contributed by atoms with E-state index in [0.717, 1.165) is 4.57 Å². The van der Waals surface area contributed by atoms with E-state index in [2.05, 4.69) is 9.97 Å². The summed E-state index contributed by atoms with van der Waals surface area (Å²) in [5.41, 5.74) is 2.49. The molecule has 2 aromatic heterocycles.